The molecule has 0 fully saturated rings. The number of nitrogens with zero attached hydrogens (tertiary/aromatic N) is 1. The molecule has 0 spiro atoms. The number of H-pyrrole nitrogens is 1. The lowest BCUT2D eigenvalue weighted by Crippen LogP contribution is -1.86. The normalized spacial score (nSPS) is 10.2. The third-order valence-electron chi connectivity index (χ3n) is 1.82. The maximum atomic E-state index is 12.8. The average Bonchev–Trinajstić information content (AvgIpc) is 2.40. The van der Waals surface area contributed by atoms with E-state index in [1.54, 1.807) is 0 Å². The predicted octanol–water partition coefficient (Wildman–Crippen LogP) is 1.56. The van der Waals surface area contributed by atoms with Crippen molar-refractivity contribution in [2.75, 3.05) is 5.73 Å². The van der Waals surface area contributed by atoms with Gasteiger partial charge in [-0.1, -0.05) is 0 Å². The van der Waals surface area contributed by atoms with E-state index >= 15 is 0 Å². The van der Waals surface area contributed by atoms with Gasteiger partial charge in [0.1, 0.15) is 23.3 Å². The standard InChI is InChI=1S/C9H5FN3/c10-5-1-2-8-6(3-5)7(4-11)9(12)13-8/h1,3,13H,12H2. The van der Waals surface area contributed by atoms with Crippen LogP contribution in [0.15, 0.2) is 12.1 Å². The molecular formula is C9H5FN3. The highest BCUT2D eigenvalue weighted by atomic mass is 19.1. The molecule has 3 N–H and O–H groups in total. The van der Waals surface area contributed by atoms with Crippen LogP contribution in [0.2, 0.25) is 0 Å². The number of anilines is 1. The molecule has 1 heterocycles. The van der Waals surface area contributed by atoms with Gasteiger partial charge < -0.3 is 10.7 Å². The van der Waals surface area contributed by atoms with Gasteiger partial charge in [0.25, 0.3) is 0 Å². The summed E-state index contributed by atoms with van der Waals surface area (Å²) in [5.41, 5.74) is 6.31. The van der Waals surface area contributed by atoms with Crippen molar-refractivity contribution in [3.63, 3.8) is 0 Å². The number of fused-ring (bicyclic) bond motifs is 1. The summed E-state index contributed by atoms with van der Waals surface area (Å²) in [7, 11) is 0. The summed E-state index contributed by atoms with van der Waals surface area (Å²) < 4.78 is 12.8. The van der Waals surface area contributed by atoms with Gasteiger partial charge in [-0.15, -0.1) is 0 Å². The highest BCUT2D eigenvalue weighted by Crippen LogP contribution is 2.23. The summed E-state index contributed by atoms with van der Waals surface area (Å²) >= 11 is 0. The summed E-state index contributed by atoms with van der Waals surface area (Å²) in [6.07, 6.45) is 0. The highest BCUT2D eigenvalue weighted by Gasteiger charge is 2.08. The first kappa shape index (κ1) is 7.62. The third-order valence-corrected chi connectivity index (χ3v) is 1.82. The number of nitrogens with two attached hydrogens (primary N) is 1. The number of aromatic amines is 1. The van der Waals surface area contributed by atoms with E-state index in [0.717, 1.165) is 0 Å². The molecule has 1 aromatic carbocycles. The maximum Gasteiger partial charge on any atom is 0.124 e. The van der Waals surface area contributed by atoms with Crippen molar-refractivity contribution in [2.45, 2.75) is 0 Å². The first-order valence-electron chi connectivity index (χ1n) is 3.61. The number of rotatable bonds is 0. The average molecular weight is 174 g/mol. The number of hydrogen-bond acceptors (Lipinski definition) is 2. The SMILES string of the molecule is N#Cc1c(N)[nH]c2[c]cc(F)cc12. The Kier molecular flexibility index (Phi) is 1.46. The second-order valence-corrected chi connectivity index (χ2v) is 2.63. The molecule has 2 aromatic rings. The van der Waals surface area contributed by atoms with Crippen molar-refractivity contribution in [1.29, 1.82) is 5.26 Å². The van der Waals surface area contributed by atoms with Gasteiger partial charge in [-0.05, 0) is 12.1 Å². The lowest BCUT2D eigenvalue weighted by molar-refractivity contribution is 0.629. The van der Waals surface area contributed by atoms with Crippen LogP contribution < -0.4 is 5.73 Å². The van der Waals surface area contributed by atoms with Crippen molar-refractivity contribution in [1.82, 2.24) is 4.98 Å². The summed E-state index contributed by atoms with van der Waals surface area (Å²) in [6.45, 7) is 0. The van der Waals surface area contributed by atoms with Crippen LogP contribution >= 0.6 is 0 Å². The van der Waals surface area contributed by atoms with Gasteiger partial charge in [0.15, 0.2) is 0 Å². The number of nitrogens with one attached hydrogen (secondary N) is 1. The van der Waals surface area contributed by atoms with Crippen LogP contribution in [-0.2, 0) is 0 Å². The highest BCUT2D eigenvalue weighted by molar-refractivity contribution is 5.90. The Morgan fingerprint density at radius 2 is 2.38 bits per heavy atom. The molecule has 1 aromatic heterocycles. The van der Waals surface area contributed by atoms with E-state index in [9.17, 15) is 4.39 Å². The Morgan fingerprint density at radius 3 is 3.08 bits per heavy atom. The third kappa shape index (κ3) is 1.02. The largest absolute Gasteiger partial charge is 0.384 e. The molecule has 0 unspecified atom stereocenters. The number of nitriles is 1. The zero-order valence-electron chi connectivity index (χ0n) is 6.56. The minimum absolute atomic E-state index is 0.249. The van der Waals surface area contributed by atoms with Gasteiger partial charge in [0.2, 0.25) is 0 Å². The van der Waals surface area contributed by atoms with Crippen LogP contribution in [0.3, 0.4) is 0 Å². The van der Waals surface area contributed by atoms with Gasteiger partial charge in [0, 0.05) is 11.5 Å². The quantitative estimate of drug-likeness (QED) is 0.636. The first-order chi connectivity index (χ1) is 6.22. The second kappa shape index (κ2) is 2.49. The predicted molar refractivity (Wildman–Crippen MR) is 46.2 cm³/mol. The van der Waals surface area contributed by atoms with E-state index in [1.807, 2.05) is 6.07 Å². The van der Waals surface area contributed by atoms with Crippen LogP contribution in [-0.4, -0.2) is 4.98 Å². The molecule has 63 valence electrons. The zero-order valence-corrected chi connectivity index (χ0v) is 6.56. The number of benzene rings is 1. The minimum Gasteiger partial charge on any atom is -0.384 e. The van der Waals surface area contributed by atoms with Crippen LogP contribution in [0.5, 0.6) is 0 Å². The van der Waals surface area contributed by atoms with Gasteiger partial charge in [-0.25, -0.2) is 4.39 Å². The zero-order chi connectivity index (χ0) is 9.42. The molecule has 4 heteroatoms. The number of hydrogen-bond donors (Lipinski definition) is 2. The Balaban J connectivity index is 2.91. The van der Waals surface area contributed by atoms with Gasteiger partial charge in [-0.2, -0.15) is 5.26 Å². The molecule has 0 aliphatic carbocycles. The van der Waals surface area contributed by atoms with Gasteiger partial charge in [-0.3, -0.25) is 0 Å². The van der Waals surface area contributed by atoms with E-state index in [-0.39, 0.29) is 11.4 Å². The van der Waals surface area contributed by atoms with Crippen molar-refractivity contribution < 1.29 is 4.39 Å². The van der Waals surface area contributed by atoms with E-state index < -0.39 is 5.82 Å². The lowest BCUT2D eigenvalue weighted by Gasteiger charge is -1.88. The summed E-state index contributed by atoms with van der Waals surface area (Å²) in [4.78, 5) is 2.74. The van der Waals surface area contributed by atoms with E-state index in [2.05, 4.69) is 11.1 Å². The molecule has 0 amide bonds. The second-order valence-electron chi connectivity index (χ2n) is 2.63. The first-order valence-corrected chi connectivity index (χ1v) is 3.61. The fraction of sp³-hybridized carbons (Fsp3) is 0. The topological polar surface area (TPSA) is 65.6 Å². The molecule has 13 heavy (non-hydrogen) atoms. The van der Waals surface area contributed by atoms with Crippen molar-refractivity contribution >= 4 is 16.7 Å². The molecule has 1 radical (unpaired) electrons. The van der Waals surface area contributed by atoms with Crippen LogP contribution in [0.1, 0.15) is 5.56 Å². The monoisotopic (exact) mass is 174 g/mol. The Labute approximate surface area is 73.6 Å². The van der Waals surface area contributed by atoms with Crippen LogP contribution in [0, 0.1) is 23.2 Å². The number of nitrogen functional groups attached to an aromatic ring is 1. The Bertz CT molecular complexity index is 507. The lowest BCUT2D eigenvalue weighted by atomic mass is 10.2. The summed E-state index contributed by atoms with van der Waals surface area (Å²) in [6, 6.07) is 7.01. The summed E-state index contributed by atoms with van der Waals surface area (Å²) in [5, 5.41) is 9.18. The molecule has 0 atom stereocenters. The molecule has 0 bridgehead atoms. The number of halogens is 1. The molecule has 3 nitrogen and oxygen atoms in total. The molecule has 0 aliphatic rings. The van der Waals surface area contributed by atoms with Crippen molar-refractivity contribution in [2.24, 2.45) is 0 Å². The van der Waals surface area contributed by atoms with Crippen molar-refractivity contribution in [3.05, 3.63) is 29.6 Å². The molecule has 0 aliphatic heterocycles. The maximum absolute atomic E-state index is 12.8. The minimum atomic E-state index is -0.428. The molecular weight excluding hydrogens is 169 g/mol. The van der Waals surface area contributed by atoms with Crippen LogP contribution in [0.25, 0.3) is 10.9 Å². The van der Waals surface area contributed by atoms with Crippen molar-refractivity contribution in [3.8, 4) is 6.07 Å². The fourth-order valence-electron chi connectivity index (χ4n) is 1.23. The molecule has 0 saturated heterocycles. The van der Waals surface area contributed by atoms with E-state index in [0.29, 0.717) is 10.9 Å². The van der Waals surface area contributed by atoms with E-state index in [4.69, 9.17) is 11.0 Å². The fourth-order valence-corrected chi connectivity index (χ4v) is 1.23. The summed E-state index contributed by atoms with van der Waals surface area (Å²) in [5.74, 6) is -0.178. The van der Waals surface area contributed by atoms with Gasteiger partial charge >= 0.3 is 0 Å². The Hall–Kier alpha value is -2.02. The number of aromatic nitrogens is 1. The smallest absolute Gasteiger partial charge is 0.124 e. The van der Waals surface area contributed by atoms with Gasteiger partial charge in [0.05, 0.1) is 5.52 Å². The molecule has 2 rings (SSSR count). The van der Waals surface area contributed by atoms with Crippen LogP contribution in [0.4, 0.5) is 10.2 Å². The Morgan fingerprint density at radius 1 is 1.62 bits per heavy atom. The molecule has 0 saturated carbocycles. The van der Waals surface area contributed by atoms with E-state index in [1.165, 1.54) is 12.1 Å².